The van der Waals surface area contributed by atoms with E-state index >= 15 is 0 Å². The van der Waals surface area contributed by atoms with Crippen molar-refractivity contribution >= 4 is 34.8 Å². The number of amides is 1. The van der Waals surface area contributed by atoms with Crippen LogP contribution in [0.1, 0.15) is 6.42 Å². The zero-order valence-electron chi connectivity index (χ0n) is 9.46. The quantitative estimate of drug-likeness (QED) is 0.811. The molecule has 1 amide bonds. The SMILES string of the molecule is O=C(OC1=NOCC1)N(S)S(=O)(=O)c1ccccn1. The lowest BCUT2D eigenvalue weighted by molar-refractivity contribution is 0.169. The highest BCUT2D eigenvalue weighted by Crippen LogP contribution is 2.16. The first-order valence-corrected chi connectivity index (χ1v) is 6.91. The summed E-state index contributed by atoms with van der Waals surface area (Å²) < 4.78 is 28.8. The number of oxime groups is 1. The molecule has 0 saturated heterocycles. The number of hydrogen-bond donors (Lipinski definition) is 1. The van der Waals surface area contributed by atoms with Gasteiger partial charge in [0, 0.05) is 6.20 Å². The van der Waals surface area contributed by atoms with E-state index in [0.29, 0.717) is 0 Å². The Morgan fingerprint density at radius 1 is 1.47 bits per heavy atom. The van der Waals surface area contributed by atoms with Crippen LogP contribution in [0.5, 0.6) is 0 Å². The summed E-state index contributed by atoms with van der Waals surface area (Å²) in [6, 6.07) is 4.26. The van der Waals surface area contributed by atoms with Gasteiger partial charge in [0.15, 0.2) is 5.03 Å². The number of hydrogen-bond acceptors (Lipinski definition) is 8. The number of sulfonamides is 1. The van der Waals surface area contributed by atoms with Crippen LogP contribution in [0.4, 0.5) is 4.79 Å². The summed E-state index contributed by atoms with van der Waals surface area (Å²) in [7, 11) is -4.16. The lowest BCUT2D eigenvalue weighted by atomic mass is 10.5. The molecule has 0 radical (unpaired) electrons. The van der Waals surface area contributed by atoms with E-state index in [1.54, 1.807) is 6.07 Å². The first-order valence-electron chi connectivity index (χ1n) is 5.07. The van der Waals surface area contributed by atoms with E-state index in [9.17, 15) is 13.2 Å². The minimum Gasteiger partial charge on any atom is -0.393 e. The Labute approximate surface area is 114 Å². The third-order valence-corrected chi connectivity index (χ3v) is 4.25. The number of nitrogens with zero attached hydrogens (tertiary/aromatic N) is 3. The van der Waals surface area contributed by atoms with Gasteiger partial charge in [-0.25, -0.2) is 9.78 Å². The van der Waals surface area contributed by atoms with E-state index in [2.05, 4.69) is 27.8 Å². The van der Waals surface area contributed by atoms with Gasteiger partial charge in [0.2, 0.25) is 5.90 Å². The van der Waals surface area contributed by atoms with Gasteiger partial charge in [0.25, 0.3) is 10.0 Å². The second-order valence-corrected chi connectivity index (χ2v) is 5.76. The Hall–Kier alpha value is -1.81. The number of thiol groups is 1. The maximum Gasteiger partial charge on any atom is 0.440 e. The molecule has 1 aromatic heterocycles. The Bertz CT molecular complexity index is 602. The van der Waals surface area contributed by atoms with E-state index in [0.717, 1.165) is 0 Å². The molecule has 2 rings (SSSR count). The van der Waals surface area contributed by atoms with Crippen LogP contribution in [0.3, 0.4) is 0 Å². The molecule has 0 bridgehead atoms. The van der Waals surface area contributed by atoms with Gasteiger partial charge in [0.1, 0.15) is 6.61 Å². The molecule has 0 aliphatic carbocycles. The topological polar surface area (TPSA) is 98.2 Å². The van der Waals surface area contributed by atoms with Gasteiger partial charge in [-0.05, 0) is 24.9 Å². The van der Waals surface area contributed by atoms with Crippen LogP contribution in [-0.2, 0) is 19.6 Å². The van der Waals surface area contributed by atoms with Crippen molar-refractivity contribution < 1.29 is 22.8 Å². The maximum absolute atomic E-state index is 12.0. The van der Waals surface area contributed by atoms with Crippen molar-refractivity contribution in [2.75, 3.05) is 6.61 Å². The summed E-state index contributed by atoms with van der Waals surface area (Å²) in [6.45, 7) is 0.280. The predicted molar refractivity (Wildman–Crippen MR) is 66.7 cm³/mol. The smallest absolute Gasteiger partial charge is 0.393 e. The number of pyridine rings is 1. The minimum absolute atomic E-state index is 0.000251. The summed E-state index contributed by atoms with van der Waals surface area (Å²) in [5.74, 6) is 0.000251. The Morgan fingerprint density at radius 3 is 2.84 bits per heavy atom. The van der Waals surface area contributed by atoms with Crippen molar-refractivity contribution in [1.29, 1.82) is 0 Å². The average Bonchev–Trinajstić information content (AvgIpc) is 2.91. The van der Waals surface area contributed by atoms with Crippen molar-refractivity contribution in [3.8, 4) is 0 Å². The zero-order chi connectivity index (χ0) is 13.9. The molecular weight excluding hydrogens is 294 g/mol. The summed E-state index contributed by atoms with van der Waals surface area (Å²) in [5, 5.41) is 3.10. The molecule has 2 heterocycles. The Balaban J connectivity index is 2.14. The van der Waals surface area contributed by atoms with Crippen molar-refractivity contribution in [1.82, 2.24) is 8.69 Å². The first-order chi connectivity index (χ1) is 9.01. The van der Waals surface area contributed by atoms with E-state index in [4.69, 9.17) is 4.74 Å². The van der Waals surface area contributed by atoms with E-state index in [1.807, 2.05) is 0 Å². The molecule has 10 heteroatoms. The van der Waals surface area contributed by atoms with Gasteiger partial charge in [-0.1, -0.05) is 11.2 Å². The highest BCUT2D eigenvalue weighted by molar-refractivity contribution is 8.00. The van der Waals surface area contributed by atoms with Gasteiger partial charge < -0.3 is 9.57 Å². The fraction of sp³-hybridized carbons (Fsp3) is 0.222. The minimum atomic E-state index is -4.16. The summed E-state index contributed by atoms with van der Waals surface area (Å²) in [5.41, 5.74) is 0. The van der Waals surface area contributed by atoms with Crippen LogP contribution in [0, 0.1) is 0 Å². The molecule has 102 valence electrons. The number of ether oxygens (including phenoxy) is 1. The van der Waals surface area contributed by atoms with Crippen molar-refractivity contribution in [3.05, 3.63) is 24.4 Å². The third-order valence-electron chi connectivity index (χ3n) is 2.06. The molecule has 8 nitrogen and oxygen atoms in total. The van der Waals surface area contributed by atoms with Gasteiger partial charge in [0.05, 0.1) is 6.42 Å². The molecule has 19 heavy (non-hydrogen) atoms. The molecule has 0 unspecified atom stereocenters. The van der Waals surface area contributed by atoms with E-state index in [-0.39, 0.29) is 27.7 Å². The van der Waals surface area contributed by atoms with E-state index < -0.39 is 16.1 Å². The number of aromatic nitrogens is 1. The van der Waals surface area contributed by atoms with Crippen LogP contribution in [0.25, 0.3) is 0 Å². The molecule has 0 spiro atoms. The fourth-order valence-electron chi connectivity index (χ4n) is 1.19. The largest absolute Gasteiger partial charge is 0.440 e. The second kappa shape index (κ2) is 5.45. The summed E-state index contributed by atoms with van der Waals surface area (Å²) in [6.07, 6.45) is 0.379. The molecular formula is C9H9N3O5S2. The molecule has 1 aromatic rings. The van der Waals surface area contributed by atoms with E-state index in [1.165, 1.54) is 18.3 Å². The van der Waals surface area contributed by atoms with Crippen LogP contribution in [0.2, 0.25) is 0 Å². The summed E-state index contributed by atoms with van der Waals surface area (Å²) >= 11 is 3.62. The van der Waals surface area contributed by atoms with Gasteiger partial charge in [-0.2, -0.15) is 8.42 Å². The zero-order valence-corrected chi connectivity index (χ0v) is 11.2. The molecule has 0 aromatic carbocycles. The van der Waals surface area contributed by atoms with Crippen LogP contribution >= 0.6 is 12.8 Å². The fourth-order valence-corrected chi connectivity index (χ4v) is 2.34. The monoisotopic (exact) mass is 303 g/mol. The molecule has 1 aliphatic rings. The normalized spacial score (nSPS) is 14.5. The lowest BCUT2D eigenvalue weighted by Crippen LogP contribution is -2.31. The van der Waals surface area contributed by atoms with Crippen LogP contribution in [-0.4, -0.2) is 35.7 Å². The highest BCUT2D eigenvalue weighted by atomic mass is 32.3. The summed E-state index contributed by atoms with van der Waals surface area (Å²) in [4.78, 5) is 19.9. The highest BCUT2D eigenvalue weighted by Gasteiger charge is 2.30. The molecule has 0 N–H and O–H groups in total. The van der Waals surface area contributed by atoms with Crippen LogP contribution in [0.15, 0.2) is 34.6 Å². The lowest BCUT2D eigenvalue weighted by Gasteiger charge is -2.14. The number of carbonyl (C=O) groups is 1. The Kier molecular flexibility index (Phi) is 3.90. The molecule has 0 saturated carbocycles. The van der Waals surface area contributed by atoms with Crippen LogP contribution < -0.4 is 0 Å². The third kappa shape index (κ3) is 2.96. The number of rotatable bonds is 2. The van der Waals surface area contributed by atoms with Crippen molar-refractivity contribution in [2.24, 2.45) is 5.16 Å². The van der Waals surface area contributed by atoms with Gasteiger partial charge in [-0.3, -0.25) is 0 Å². The first kappa shape index (κ1) is 13.6. The molecule has 1 aliphatic heterocycles. The Morgan fingerprint density at radius 2 is 2.26 bits per heavy atom. The maximum atomic E-state index is 12.0. The second-order valence-electron chi connectivity index (χ2n) is 3.35. The van der Waals surface area contributed by atoms with Gasteiger partial charge in [-0.15, -0.1) is 3.71 Å². The van der Waals surface area contributed by atoms with Crippen molar-refractivity contribution in [3.63, 3.8) is 0 Å². The standard InChI is InChI=1S/C9H9N3O5S2/c13-9(17-7-4-6-16-11-7)12(18)19(14,15)8-3-1-2-5-10-8/h1-3,5,18H,4,6H2. The molecule has 0 fully saturated rings. The predicted octanol–water partition coefficient (Wildman–Crippen LogP) is 0.787. The van der Waals surface area contributed by atoms with Crippen molar-refractivity contribution in [2.45, 2.75) is 11.4 Å². The van der Waals surface area contributed by atoms with Gasteiger partial charge >= 0.3 is 6.09 Å². The average molecular weight is 303 g/mol. The number of carbonyl (C=O) groups excluding carboxylic acids is 1. The molecule has 0 atom stereocenters.